The van der Waals surface area contributed by atoms with Crippen LogP contribution in [-0.4, -0.2) is 50.6 Å². The molecule has 0 radical (unpaired) electrons. The van der Waals surface area contributed by atoms with E-state index in [1.54, 1.807) is 18.2 Å². The third-order valence-corrected chi connectivity index (χ3v) is 6.19. The summed E-state index contributed by atoms with van der Waals surface area (Å²) in [6.07, 6.45) is 2.65. The van der Waals surface area contributed by atoms with Gasteiger partial charge in [0.05, 0.1) is 18.7 Å². The quantitative estimate of drug-likeness (QED) is 0.693. The molecular weight excluding hydrogens is 412 g/mol. The van der Waals surface area contributed by atoms with E-state index in [4.69, 9.17) is 5.11 Å². The molecule has 2 N–H and O–H groups in total. The molecular formula is C20H19F2N5O2S. The second kappa shape index (κ2) is 8.47. The first-order valence-electron chi connectivity index (χ1n) is 9.41. The van der Waals surface area contributed by atoms with E-state index in [1.165, 1.54) is 30.1 Å². The molecule has 1 saturated carbocycles. The van der Waals surface area contributed by atoms with E-state index < -0.39 is 23.4 Å². The lowest BCUT2D eigenvalue weighted by atomic mass is 9.65. The number of pyridine rings is 1. The number of halogens is 2. The summed E-state index contributed by atoms with van der Waals surface area (Å²) in [5.74, 6) is -0.866. The molecule has 1 aliphatic carbocycles. The van der Waals surface area contributed by atoms with Crippen molar-refractivity contribution >= 4 is 28.6 Å². The molecule has 0 unspecified atom stereocenters. The summed E-state index contributed by atoms with van der Waals surface area (Å²) in [4.78, 5) is 20.1. The van der Waals surface area contributed by atoms with Gasteiger partial charge in [-0.2, -0.15) is 0 Å². The Morgan fingerprint density at radius 1 is 1.30 bits per heavy atom. The van der Waals surface area contributed by atoms with Crippen molar-refractivity contribution in [3.63, 3.8) is 0 Å². The maximum atomic E-state index is 14.2. The standard InChI is InChI=1S/C20H19F2N5O2S/c21-12-9-20(10-12,18-14(22)2-1-6-23-18)11-25-16-4-3-15(26-27-16)19-24-7-5-13(30-19)8-17(28)29/h1-6,12H,7-11H2,(H,25,27)(H,28,29). The predicted octanol–water partition coefficient (Wildman–Crippen LogP) is 3.34. The average Bonchev–Trinajstić information content (AvgIpc) is 2.71. The Hall–Kier alpha value is -2.88. The number of alkyl halides is 1. The smallest absolute Gasteiger partial charge is 0.308 e. The van der Waals surface area contributed by atoms with Gasteiger partial charge in [0.15, 0.2) is 0 Å². The number of thioether (sulfide) groups is 1. The first kappa shape index (κ1) is 20.4. The van der Waals surface area contributed by atoms with Crippen molar-refractivity contribution in [1.82, 2.24) is 15.2 Å². The highest BCUT2D eigenvalue weighted by Crippen LogP contribution is 2.45. The van der Waals surface area contributed by atoms with Gasteiger partial charge in [0.25, 0.3) is 0 Å². The number of carboxylic acids is 1. The minimum Gasteiger partial charge on any atom is -0.481 e. The van der Waals surface area contributed by atoms with Crippen molar-refractivity contribution in [2.24, 2.45) is 4.99 Å². The predicted molar refractivity (Wildman–Crippen MR) is 110 cm³/mol. The Morgan fingerprint density at radius 2 is 2.13 bits per heavy atom. The normalized spacial score (nSPS) is 23.2. The molecule has 2 aromatic rings. The molecule has 0 spiro atoms. The van der Waals surface area contributed by atoms with E-state index in [9.17, 15) is 13.6 Å². The summed E-state index contributed by atoms with van der Waals surface area (Å²) in [5.41, 5.74) is 0.0893. The van der Waals surface area contributed by atoms with Gasteiger partial charge in [0.2, 0.25) is 0 Å². The molecule has 1 aliphatic heterocycles. The lowest BCUT2D eigenvalue weighted by molar-refractivity contribution is -0.136. The highest BCUT2D eigenvalue weighted by molar-refractivity contribution is 8.17. The number of hydrogen-bond donors (Lipinski definition) is 2. The zero-order chi connectivity index (χ0) is 21.1. The molecule has 156 valence electrons. The van der Waals surface area contributed by atoms with E-state index in [0.29, 0.717) is 28.0 Å². The van der Waals surface area contributed by atoms with Crippen molar-refractivity contribution < 1.29 is 18.7 Å². The van der Waals surface area contributed by atoms with Crippen LogP contribution in [0.3, 0.4) is 0 Å². The second-order valence-corrected chi connectivity index (χ2v) is 8.38. The number of aliphatic carboxylic acids is 1. The van der Waals surface area contributed by atoms with Gasteiger partial charge in [-0.1, -0.05) is 17.8 Å². The summed E-state index contributed by atoms with van der Waals surface area (Å²) in [6, 6.07) is 6.30. The fourth-order valence-electron chi connectivity index (χ4n) is 3.60. The Balaban J connectivity index is 1.42. The second-order valence-electron chi connectivity index (χ2n) is 7.27. The van der Waals surface area contributed by atoms with Crippen LogP contribution in [-0.2, 0) is 10.2 Å². The molecule has 2 aromatic heterocycles. The summed E-state index contributed by atoms with van der Waals surface area (Å²) >= 11 is 1.26. The SMILES string of the molecule is O=C(O)CC1=CCN=C(c2ccc(NCC3(c4ncccc4F)CC(F)C3)nn2)S1. The molecule has 0 saturated heterocycles. The van der Waals surface area contributed by atoms with Gasteiger partial charge in [-0.05, 0) is 37.1 Å². The maximum absolute atomic E-state index is 14.2. The monoisotopic (exact) mass is 431 g/mol. The topological polar surface area (TPSA) is 100 Å². The van der Waals surface area contributed by atoms with Crippen LogP contribution < -0.4 is 5.32 Å². The number of hydrogen-bond acceptors (Lipinski definition) is 7. The number of rotatable bonds is 7. The number of aromatic nitrogens is 3. The van der Waals surface area contributed by atoms with E-state index in [1.807, 2.05) is 0 Å². The van der Waals surface area contributed by atoms with Crippen LogP contribution in [0, 0.1) is 5.82 Å². The van der Waals surface area contributed by atoms with Crippen molar-refractivity contribution in [3.05, 3.63) is 58.6 Å². The van der Waals surface area contributed by atoms with Gasteiger partial charge in [-0.25, -0.2) is 8.78 Å². The van der Waals surface area contributed by atoms with E-state index >= 15 is 0 Å². The van der Waals surface area contributed by atoms with Crippen molar-refractivity contribution in [1.29, 1.82) is 0 Å². The van der Waals surface area contributed by atoms with Crippen LogP contribution in [0.1, 0.15) is 30.7 Å². The van der Waals surface area contributed by atoms with E-state index in [2.05, 4.69) is 25.5 Å². The molecule has 0 aromatic carbocycles. The van der Waals surface area contributed by atoms with Gasteiger partial charge in [-0.3, -0.25) is 14.8 Å². The summed E-state index contributed by atoms with van der Waals surface area (Å²) in [7, 11) is 0. The summed E-state index contributed by atoms with van der Waals surface area (Å²) < 4.78 is 27.9. The average molecular weight is 431 g/mol. The zero-order valence-electron chi connectivity index (χ0n) is 15.9. The third kappa shape index (κ3) is 4.33. The van der Waals surface area contributed by atoms with Crippen LogP contribution in [0.25, 0.3) is 0 Å². The maximum Gasteiger partial charge on any atom is 0.308 e. The Labute approximate surface area is 175 Å². The molecule has 0 amide bonds. The number of anilines is 1. The molecule has 0 bridgehead atoms. The van der Waals surface area contributed by atoms with Crippen LogP contribution >= 0.6 is 11.8 Å². The number of aliphatic imine (C=N–C) groups is 1. The lowest BCUT2D eigenvalue weighted by Gasteiger charge is -2.44. The summed E-state index contributed by atoms with van der Waals surface area (Å²) in [6.45, 7) is 0.686. The highest BCUT2D eigenvalue weighted by Gasteiger charge is 2.48. The van der Waals surface area contributed by atoms with Gasteiger partial charge in [-0.15, -0.1) is 10.2 Å². The lowest BCUT2D eigenvalue weighted by Crippen LogP contribution is -2.49. The van der Waals surface area contributed by atoms with Crippen molar-refractivity contribution in [2.75, 3.05) is 18.4 Å². The van der Waals surface area contributed by atoms with Gasteiger partial charge in [0.1, 0.15) is 28.5 Å². The van der Waals surface area contributed by atoms with Gasteiger partial charge in [0, 0.05) is 23.1 Å². The van der Waals surface area contributed by atoms with Crippen LogP contribution in [0.2, 0.25) is 0 Å². The van der Waals surface area contributed by atoms with Crippen molar-refractivity contribution in [2.45, 2.75) is 30.8 Å². The molecule has 0 atom stereocenters. The third-order valence-electron chi connectivity index (χ3n) is 5.08. The molecule has 3 heterocycles. The fraction of sp³-hybridized carbons (Fsp3) is 0.350. The zero-order valence-corrected chi connectivity index (χ0v) is 16.7. The number of carboxylic acid groups (broad SMARTS) is 1. The molecule has 10 heteroatoms. The number of nitrogens with zero attached hydrogens (tertiary/aromatic N) is 4. The van der Waals surface area contributed by atoms with Crippen LogP contribution in [0.5, 0.6) is 0 Å². The fourth-order valence-corrected chi connectivity index (χ4v) is 4.56. The minimum absolute atomic E-state index is 0.0571. The Bertz CT molecular complexity index is 1010. The van der Waals surface area contributed by atoms with Crippen molar-refractivity contribution in [3.8, 4) is 0 Å². The van der Waals surface area contributed by atoms with Gasteiger partial charge < -0.3 is 10.4 Å². The molecule has 2 aliphatic rings. The molecule has 4 rings (SSSR count). The first-order chi connectivity index (χ1) is 14.4. The number of carbonyl (C=O) groups is 1. The molecule has 30 heavy (non-hydrogen) atoms. The molecule has 1 fully saturated rings. The van der Waals surface area contributed by atoms with E-state index in [0.717, 1.165) is 0 Å². The van der Waals surface area contributed by atoms with E-state index in [-0.39, 0.29) is 31.5 Å². The minimum atomic E-state index is -0.976. The molecule has 7 nitrogen and oxygen atoms in total. The Morgan fingerprint density at radius 3 is 2.80 bits per heavy atom. The Kier molecular flexibility index (Phi) is 5.76. The van der Waals surface area contributed by atoms with Gasteiger partial charge >= 0.3 is 5.97 Å². The van der Waals surface area contributed by atoms with Crippen LogP contribution in [0.4, 0.5) is 14.6 Å². The first-order valence-corrected chi connectivity index (χ1v) is 10.2. The largest absolute Gasteiger partial charge is 0.481 e. The summed E-state index contributed by atoms with van der Waals surface area (Å²) in [5, 5.41) is 21.0. The highest BCUT2D eigenvalue weighted by atomic mass is 32.2. The number of nitrogens with one attached hydrogen (secondary N) is 1. The van der Waals surface area contributed by atoms with Crippen LogP contribution in [0.15, 0.2) is 46.4 Å².